The number of sulfonamides is 1. The summed E-state index contributed by atoms with van der Waals surface area (Å²) in [5, 5.41) is 5.20. The largest absolute Gasteiger partial charge is 0.492 e. The van der Waals surface area contributed by atoms with E-state index in [2.05, 4.69) is 10.3 Å². The van der Waals surface area contributed by atoms with E-state index in [0.29, 0.717) is 36.1 Å². The molecule has 10 heteroatoms. The minimum Gasteiger partial charge on any atom is -0.492 e. The lowest BCUT2D eigenvalue weighted by Crippen LogP contribution is -2.31. The van der Waals surface area contributed by atoms with E-state index >= 15 is 0 Å². The molecule has 1 heterocycles. The monoisotopic (exact) mass is 491 g/mol. The zero-order chi connectivity index (χ0) is 24.0. The summed E-state index contributed by atoms with van der Waals surface area (Å²) < 4.78 is 46.1. The van der Waals surface area contributed by atoms with Gasteiger partial charge in [-0.15, -0.1) is 11.3 Å². The molecule has 0 fully saturated rings. The molecular formula is C23H26FN3O4S2. The molecule has 0 saturated carbocycles. The van der Waals surface area contributed by atoms with Gasteiger partial charge in [0.25, 0.3) is 0 Å². The number of carbonyl (C=O) groups excluding carboxylic acids is 1. The first-order chi connectivity index (χ1) is 15.8. The van der Waals surface area contributed by atoms with Crippen molar-refractivity contribution in [2.45, 2.75) is 32.1 Å². The highest BCUT2D eigenvalue weighted by Crippen LogP contribution is 2.30. The molecule has 2 aromatic carbocycles. The number of nitrogens with zero attached hydrogens (tertiary/aromatic N) is 2. The van der Waals surface area contributed by atoms with Gasteiger partial charge >= 0.3 is 0 Å². The second-order valence-electron chi connectivity index (χ2n) is 7.06. The molecular weight excluding hydrogens is 465 g/mol. The number of halogens is 1. The zero-order valence-electron chi connectivity index (χ0n) is 18.7. The van der Waals surface area contributed by atoms with Gasteiger partial charge in [-0.25, -0.2) is 17.8 Å². The Kier molecular flexibility index (Phi) is 8.17. The van der Waals surface area contributed by atoms with Gasteiger partial charge in [-0.2, -0.15) is 4.31 Å². The summed E-state index contributed by atoms with van der Waals surface area (Å²) in [5.74, 6) is -0.417. The van der Waals surface area contributed by atoms with E-state index in [1.54, 1.807) is 50.4 Å². The molecule has 3 rings (SSSR count). The van der Waals surface area contributed by atoms with E-state index in [1.165, 1.54) is 33.8 Å². The van der Waals surface area contributed by atoms with E-state index in [4.69, 9.17) is 4.74 Å². The summed E-state index contributed by atoms with van der Waals surface area (Å²) in [5.41, 5.74) is 1.69. The average Bonchev–Trinajstić information content (AvgIpc) is 3.24. The lowest BCUT2D eigenvalue weighted by Gasteiger charge is -2.21. The predicted octanol–water partition coefficient (Wildman–Crippen LogP) is 4.56. The van der Waals surface area contributed by atoms with Crippen molar-refractivity contribution in [2.75, 3.05) is 25.0 Å². The summed E-state index contributed by atoms with van der Waals surface area (Å²) in [6.07, 6.45) is 0.0169. The van der Waals surface area contributed by atoms with Gasteiger partial charge in [-0.05, 0) is 49.4 Å². The number of carbonyl (C=O) groups is 1. The predicted molar refractivity (Wildman–Crippen MR) is 128 cm³/mol. The van der Waals surface area contributed by atoms with Crippen LogP contribution in [-0.2, 0) is 21.2 Å². The number of hydrogen-bond acceptors (Lipinski definition) is 6. The van der Waals surface area contributed by atoms with Crippen molar-refractivity contribution >= 4 is 33.0 Å². The molecule has 176 valence electrons. The Morgan fingerprint density at radius 3 is 2.45 bits per heavy atom. The van der Waals surface area contributed by atoms with Crippen molar-refractivity contribution in [2.24, 2.45) is 0 Å². The summed E-state index contributed by atoms with van der Waals surface area (Å²) in [6, 6.07) is 10.6. The molecule has 0 aliphatic carbocycles. The second-order valence-corrected chi connectivity index (χ2v) is 9.82. The molecule has 1 amide bonds. The molecule has 0 radical (unpaired) electrons. The fourth-order valence-corrected chi connectivity index (χ4v) is 5.69. The van der Waals surface area contributed by atoms with Crippen LogP contribution in [0.3, 0.4) is 0 Å². The van der Waals surface area contributed by atoms with Crippen LogP contribution in [-0.4, -0.2) is 43.3 Å². The normalized spacial score (nSPS) is 11.5. The van der Waals surface area contributed by atoms with Crippen molar-refractivity contribution in [3.63, 3.8) is 0 Å². The molecule has 0 saturated heterocycles. The molecule has 7 nitrogen and oxygen atoms in total. The SMILES string of the molecule is CCOc1ccc(NC(=O)Cc2csc(-c3ccc(F)cc3)n2)cc1S(=O)(=O)N(CC)CC. The number of nitrogens with one attached hydrogen (secondary N) is 1. The van der Waals surface area contributed by atoms with Crippen LogP contribution >= 0.6 is 11.3 Å². The maximum atomic E-state index is 13.1. The average molecular weight is 492 g/mol. The lowest BCUT2D eigenvalue weighted by atomic mass is 10.2. The molecule has 33 heavy (non-hydrogen) atoms. The lowest BCUT2D eigenvalue weighted by molar-refractivity contribution is -0.115. The second kappa shape index (κ2) is 10.9. The number of ether oxygens (including phenoxy) is 1. The number of amides is 1. The minimum absolute atomic E-state index is 0.0121. The number of benzene rings is 2. The van der Waals surface area contributed by atoms with E-state index in [9.17, 15) is 17.6 Å². The van der Waals surface area contributed by atoms with Gasteiger partial charge in [0, 0.05) is 29.7 Å². The molecule has 0 aliphatic heterocycles. The fourth-order valence-electron chi connectivity index (χ4n) is 3.25. The number of aromatic nitrogens is 1. The summed E-state index contributed by atoms with van der Waals surface area (Å²) in [6.45, 7) is 6.26. The first-order valence-electron chi connectivity index (χ1n) is 10.6. The quantitative estimate of drug-likeness (QED) is 0.449. The standard InChI is InChI=1S/C23H26FN3O4S2/c1-4-27(5-2)33(29,30)21-13-18(11-12-20(21)31-6-3)25-22(28)14-19-15-32-23(26-19)16-7-9-17(24)10-8-16/h7-13,15H,4-6,14H2,1-3H3,(H,25,28). The fraction of sp³-hybridized carbons (Fsp3) is 0.304. The van der Waals surface area contributed by atoms with Crippen molar-refractivity contribution in [1.82, 2.24) is 9.29 Å². The number of rotatable bonds is 10. The summed E-state index contributed by atoms with van der Waals surface area (Å²) in [4.78, 5) is 17.1. The Bertz CT molecular complexity index is 1210. The Hall–Kier alpha value is -2.82. The topological polar surface area (TPSA) is 88.6 Å². The molecule has 0 unspecified atom stereocenters. The van der Waals surface area contributed by atoms with Crippen molar-refractivity contribution < 1.29 is 22.3 Å². The smallest absolute Gasteiger partial charge is 0.246 e. The van der Waals surface area contributed by atoms with Crippen LogP contribution in [0, 0.1) is 5.82 Å². The third kappa shape index (κ3) is 5.95. The molecule has 0 atom stereocenters. The summed E-state index contributed by atoms with van der Waals surface area (Å²) >= 11 is 1.36. The highest BCUT2D eigenvalue weighted by molar-refractivity contribution is 7.89. The molecule has 0 bridgehead atoms. The van der Waals surface area contributed by atoms with Gasteiger partial charge in [0.1, 0.15) is 21.5 Å². The molecule has 1 aromatic heterocycles. The van der Waals surface area contributed by atoms with Gasteiger partial charge in [-0.1, -0.05) is 13.8 Å². The van der Waals surface area contributed by atoms with Crippen molar-refractivity contribution in [3.05, 3.63) is 59.4 Å². The first kappa shape index (κ1) is 24.8. The van der Waals surface area contributed by atoms with Gasteiger partial charge < -0.3 is 10.1 Å². The number of hydrogen-bond donors (Lipinski definition) is 1. The first-order valence-corrected chi connectivity index (χ1v) is 12.9. The Morgan fingerprint density at radius 1 is 1.12 bits per heavy atom. The van der Waals surface area contributed by atoms with Gasteiger partial charge in [0.15, 0.2) is 0 Å². The van der Waals surface area contributed by atoms with E-state index in [0.717, 1.165) is 5.56 Å². The maximum absolute atomic E-state index is 13.1. The van der Waals surface area contributed by atoms with E-state index in [-0.39, 0.29) is 28.8 Å². The van der Waals surface area contributed by atoms with E-state index < -0.39 is 10.0 Å². The Balaban J connectivity index is 1.78. The Labute approximate surface area is 197 Å². The van der Waals surface area contributed by atoms with Crippen LogP contribution in [0.2, 0.25) is 0 Å². The third-order valence-electron chi connectivity index (χ3n) is 4.84. The molecule has 3 aromatic rings. The van der Waals surface area contributed by atoms with Crippen LogP contribution in [0.4, 0.5) is 10.1 Å². The Morgan fingerprint density at radius 2 is 1.82 bits per heavy atom. The summed E-state index contributed by atoms with van der Waals surface area (Å²) in [7, 11) is -3.78. The molecule has 0 spiro atoms. The van der Waals surface area contributed by atoms with Crippen LogP contribution in [0.25, 0.3) is 10.6 Å². The molecule has 1 N–H and O–H groups in total. The van der Waals surface area contributed by atoms with Gasteiger partial charge in [-0.3, -0.25) is 4.79 Å². The van der Waals surface area contributed by atoms with Crippen LogP contribution in [0.1, 0.15) is 26.5 Å². The molecule has 0 aliphatic rings. The van der Waals surface area contributed by atoms with Crippen LogP contribution < -0.4 is 10.1 Å². The van der Waals surface area contributed by atoms with Gasteiger partial charge in [0.05, 0.1) is 18.7 Å². The maximum Gasteiger partial charge on any atom is 0.246 e. The van der Waals surface area contributed by atoms with Gasteiger partial charge in [0.2, 0.25) is 15.9 Å². The van der Waals surface area contributed by atoms with Crippen molar-refractivity contribution in [3.8, 4) is 16.3 Å². The van der Waals surface area contributed by atoms with Crippen molar-refractivity contribution in [1.29, 1.82) is 0 Å². The third-order valence-corrected chi connectivity index (χ3v) is 7.85. The van der Waals surface area contributed by atoms with Crippen LogP contribution in [0.15, 0.2) is 52.7 Å². The van der Waals surface area contributed by atoms with Crippen LogP contribution in [0.5, 0.6) is 5.75 Å². The minimum atomic E-state index is -3.78. The zero-order valence-corrected chi connectivity index (χ0v) is 20.3. The highest BCUT2D eigenvalue weighted by Gasteiger charge is 2.26. The number of thiazole rings is 1. The number of anilines is 1. The highest BCUT2D eigenvalue weighted by atomic mass is 32.2. The van der Waals surface area contributed by atoms with E-state index in [1.807, 2.05) is 0 Å².